The van der Waals surface area contributed by atoms with E-state index in [2.05, 4.69) is 16.1 Å². The third-order valence-corrected chi connectivity index (χ3v) is 3.13. The highest BCUT2D eigenvalue weighted by molar-refractivity contribution is 9.08. The summed E-state index contributed by atoms with van der Waals surface area (Å²) in [6.07, 6.45) is 6.23. The van der Waals surface area contributed by atoms with Crippen LogP contribution < -0.4 is 0 Å². The predicted octanol–water partition coefficient (Wildman–Crippen LogP) is 2.26. The molecule has 0 saturated heterocycles. The van der Waals surface area contributed by atoms with Crippen LogP contribution in [-0.2, 0) is 11.2 Å². The van der Waals surface area contributed by atoms with Gasteiger partial charge >= 0.3 is 0 Å². The molecule has 64 valence electrons. The summed E-state index contributed by atoms with van der Waals surface area (Å²) in [6, 6.07) is 2.03. The number of aldehydes is 1. The minimum atomic E-state index is 0.132. The SMILES string of the molecule is O=CC1CCCc2c1ccn2Br. The lowest BCUT2D eigenvalue weighted by molar-refractivity contribution is -0.109. The Labute approximate surface area is 79.9 Å². The summed E-state index contributed by atoms with van der Waals surface area (Å²) in [5.41, 5.74) is 2.46. The third-order valence-electron chi connectivity index (χ3n) is 2.47. The van der Waals surface area contributed by atoms with Gasteiger partial charge in [-0.05, 0) is 30.9 Å². The van der Waals surface area contributed by atoms with Gasteiger partial charge in [-0.2, -0.15) is 0 Å². The van der Waals surface area contributed by atoms with E-state index in [1.165, 1.54) is 11.3 Å². The van der Waals surface area contributed by atoms with Crippen molar-refractivity contribution in [3.63, 3.8) is 0 Å². The van der Waals surface area contributed by atoms with Crippen molar-refractivity contribution in [2.24, 2.45) is 0 Å². The molecule has 0 aliphatic heterocycles. The zero-order valence-corrected chi connectivity index (χ0v) is 8.25. The molecule has 0 N–H and O–H groups in total. The van der Waals surface area contributed by atoms with Gasteiger partial charge in [0.2, 0.25) is 0 Å². The molecular formula is C9H10BrNO. The van der Waals surface area contributed by atoms with Crippen LogP contribution in [0.1, 0.15) is 30.0 Å². The number of carbonyl (C=O) groups excluding carboxylic acids is 1. The van der Waals surface area contributed by atoms with E-state index in [-0.39, 0.29) is 5.92 Å². The highest BCUT2D eigenvalue weighted by Crippen LogP contribution is 2.31. The van der Waals surface area contributed by atoms with Gasteiger partial charge in [0.25, 0.3) is 0 Å². The number of hydrogen-bond donors (Lipinski definition) is 0. The Hall–Kier alpha value is -0.570. The fourth-order valence-corrected chi connectivity index (χ4v) is 2.33. The van der Waals surface area contributed by atoms with Crippen LogP contribution in [0.25, 0.3) is 0 Å². The van der Waals surface area contributed by atoms with Crippen molar-refractivity contribution in [2.45, 2.75) is 25.2 Å². The van der Waals surface area contributed by atoms with Crippen LogP contribution in [0, 0.1) is 0 Å². The topological polar surface area (TPSA) is 22.0 Å². The number of carbonyl (C=O) groups is 1. The first-order valence-corrected chi connectivity index (χ1v) is 4.85. The molecule has 12 heavy (non-hydrogen) atoms. The second-order valence-electron chi connectivity index (χ2n) is 3.16. The van der Waals surface area contributed by atoms with E-state index in [1.54, 1.807) is 0 Å². The molecule has 1 aliphatic carbocycles. The molecule has 0 fully saturated rings. The maximum atomic E-state index is 10.7. The van der Waals surface area contributed by atoms with Crippen LogP contribution in [-0.4, -0.2) is 9.88 Å². The fraction of sp³-hybridized carbons (Fsp3) is 0.444. The number of aromatic nitrogens is 1. The lowest BCUT2D eigenvalue weighted by atomic mass is 9.88. The number of halogens is 1. The van der Waals surface area contributed by atoms with Crippen LogP contribution in [0.15, 0.2) is 12.3 Å². The Morgan fingerprint density at radius 1 is 1.67 bits per heavy atom. The predicted molar refractivity (Wildman–Crippen MR) is 50.5 cm³/mol. The number of rotatable bonds is 1. The number of nitrogens with zero attached hydrogens (tertiary/aromatic N) is 1. The summed E-state index contributed by atoms with van der Waals surface area (Å²) < 4.78 is 1.94. The summed E-state index contributed by atoms with van der Waals surface area (Å²) in [4.78, 5) is 10.7. The van der Waals surface area contributed by atoms with E-state index in [1.807, 2.05) is 15.9 Å². The first-order chi connectivity index (χ1) is 5.83. The van der Waals surface area contributed by atoms with Crippen LogP contribution in [0.2, 0.25) is 0 Å². The highest BCUT2D eigenvalue weighted by atomic mass is 79.9. The van der Waals surface area contributed by atoms with Crippen molar-refractivity contribution in [2.75, 3.05) is 0 Å². The average Bonchev–Trinajstić information content (AvgIpc) is 2.48. The normalized spacial score (nSPS) is 21.9. The minimum Gasteiger partial charge on any atom is -0.303 e. The van der Waals surface area contributed by atoms with Gasteiger partial charge in [0.1, 0.15) is 6.29 Å². The van der Waals surface area contributed by atoms with Crippen LogP contribution >= 0.6 is 16.1 Å². The van der Waals surface area contributed by atoms with Gasteiger partial charge < -0.3 is 4.79 Å². The second-order valence-corrected chi connectivity index (χ2v) is 3.93. The molecule has 0 saturated carbocycles. The van der Waals surface area contributed by atoms with Crippen molar-refractivity contribution in [1.29, 1.82) is 0 Å². The molecule has 1 atom stereocenters. The smallest absolute Gasteiger partial charge is 0.127 e. The Morgan fingerprint density at radius 2 is 2.50 bits per heavy atom. The molecule has 3 heteroatoms. The summed E-state index contributed by atoms with van der Waals surface area (Å²) in [5.74, 6) is 0.132. The Kier molecular flexibility index (Phi) is 2.05. The van der Waals surface area contributed by atoms with E-state index >= 15 is 0 Å². The summed E-state index contributed by atoms with van der Waals surface area (Å²) in [7, 11) is 0. The Balaban J connectivity index is 2.45. The largest absolute Gasteiger partial charge is 0.303 e. The van der Waals surface area contributed by atoms with Gasteiger partial charge in [-0.3, -0.25) is 3.59 Å². The van der Waals surface area contributed by atoms with Crippen LogP contribution in [0.4, 0.5) is 0 Å². The van der Waals surface area contributed by atoms with E-state index in [9.17, 15) is 4.79 Å². The van der Waals surface area contributed by atoms with Crippen molar-refractivity contribution in [3.05, 3.63) is 23.5 Å². The van der Waals surface area contributed by atoms with Gasteiger partial charge in [0, 0.05) is 17.8 Å². The average molecular weight is 228 g/mol. The molecule has 1 unspecified atom stereocenters. The van der Waals surface area contributed by atoms with Gasteiger partial charge in [0.05, 0.1) is 16.1 Å². The molecule has 1 aromatic rings. The van der Waals surface area contributed by atoms with E-state index in [0.717, 1.165) is 25.5 Å². The van der Waals surface area contributed by atoms with Crippen molar-refractivity contribution >= 4 is 22.4 Å². The lowest BCUT2D eigenvalue weighted by Crippen LogP contribution is -2.10. The first kappa shape index (κ1) is 8.05. The number of hydrogen-bond acceptors (Lipinski definition) is 1. The molecule has 1 aromatic heterocycles. The monoisotopic (exact) mass is 227 g/mol. The quantitative estimate of drug-likeness (QED) is 0.676. The standard InChI is InChI=1S/C9H10BrNO/c10-11-5-4-8-7(6-12)2-1-3-9(8)11/h4-7H,1-3H2. The minimum absolute atomic E-state index is 0.132. The molecule has 2 rings (SSSR count). The lowest BCUT2D eigenvalue weighted by Gasteiger charge is -2.17. The maximum Gasteiger partial charge on any atom is 0.127 e. The van der Waals surface area contributed by atoms with Crippen molar-refractivity contribution in [3.8, 4) is 0 Å². The van der Waals surface area contributed by atoms with Crippen molar-refractivity contribution < 1.29 is 4.79 Å². The van der Waals surface area contributed by atoms with Crippen LogP contribution in [0.3, 0.4) is 0 Å². The van der Waals surface area contributed by atoms with E-state index < -0.39 is 0 Å². The molecule has 0 aromatic carbocycles. The van der Waals surface area contributed by atoms with Crippen LogP contribution in [0.5, 0.6) is 0 Å². The molecule has 0 spiro atoms. The maximum absolute atomic E-state index is 10.7. The van der Waals surface area contributed by atoms with Gasteiger partial charge in [-0.1, -0.05) is 0 Å². The molecule has 0 radical (unpaired) electrons. The zero-order chi connectivity index (χ0) is 8.55. The van der Waals surface area contributed by atoms with Gasteiger partial charge in [-0.15, -0.1) is 0 Å². The Bertz CT molecular complexity index is 305. The highest BCUT2D eigenvalue weighted by Gasteiger charge is 2.21. The molecular weight excluding hydrogens is 218 g/mol. The molecule has 1 aliphatic rings. The number of fused-ring (bicyclic) bond motifs is 1. The zero-order valence-electron chi connectivity index (χ0n) is 6.66. The van der Waals surface area contributed by atoms with E-state index in [0.29, 0.717) is 0 Å². The summed E-state index contributed by atoms with van der Waals surface area (Å²) in [5, 5.41) is 0. The van der Waals surface area contributed by atoms with E-state index in [4.69, 9.17) is 0 Å². The molecule has 0 amide bonds. The third kappa shape index (κ3) is 1.12. The first-order valence-electron chi connectivity index (χ1n) is 4.14. The van der Waals surface area contributed by atoms with Gasteiger partial charge in [-0.25, -0.2) is 0 Å². The second kappa shape index (κ2) is 3.05. The van der Waals surface area contributed by atoms with Gasteiger partial charge in [0.15, 0.2) is 0 Å². The molecule has 0 bridgehead atoms. The molecule has 2 nitrogen and oxygen atoms in total. The molecule has 1 heterocycles. The fourth-order valence-electron chi connectivity index (χ4n) is 1.83. The Morgan fingerprint density at radius 3 is 3.25 bits per heavy atom. The van der Waals surface area contributed by atoms with Crippen molar-refractivity contribution in [1.82, 2.24) is 3.59 Å². The summed E-state index contributed by atoms with van der Waals surface area (Å²) in [6.45, 7) is 0. The summed E-state index contributed by atoms with van der Waals surface area (Å²) >= 11 is 3.41.